The first kappa shape index (κ1) is 13.4. The van der Waals surface area contributed by atoms with Crippen LogP contribution in [0.15, 0.2) is 16.6 Å². The molecule has 0 bridgehead atoms. The van der Waals surface area contributed by atoms with E-state index >= 15 is 0 Å². The van der Waals surface area contributed by atoms with Crippen molar-refractivity contribution >= 4 is 27.5 Å². The third-order valence-corrected chi connectivity index (χ3v) is 4.97. The van der Waals surface area contributed by atoms with Gasteiger partial charge >= 0.3 is 0 Å². The summed E-state index contributed by atoms with van der Waals surface area (Å²) in [5.74, 6) is 0.546. The summed E-state index contributed by atoms with van der Waals surface area (Å²) in [6.07, 6.45) is 2.14. The van der Waals surface area contributed by atoms with Crippen LogP contribution in [0.2, 0.25) is 0 Å². The zero-order valence-corrected chi connectivity index (χ0v) is 12.6. The molecule has 0 saturated carbocycles. The number of ether oxygens (including phenoxy) is 1. The van der Waals surface area contributed by atoms with Crippen LogP contribution >= 0.6 is 27.5 Å². The smallest absolute Gasteiger partial charge is 0.0617 e. The normalized spacial score (nSPS) is 19.3. The molecule has 17 heavy (non-hydrogen) atoms. The molecule has 1 unspecified atom stereocenters. The molecule has 3 heteroatoms. The Morgan fingerprint density at radius 2 is 1.88 bits per heavy atom. The lowest BCUT2D eigenvalue weighted by Crippen LogP contribution is -2.20. The van der Waals surface area contributed by atoms with Crippen molar-refractivity contribution in [2.45, 2.75) is 32.1 Å². The van der Waals surface area contributed by atoms with Gasteiger partial charge < -0.3 is 4.74 Å². The molecule has 1 nitrogen and oxygen atoms in total. The first-order chi connectivity index (χ1) is 8.09. The van der Waals surface area contributed by atoms with E-state index in [9.17, 15) is 0 Å². The van der Waals surface area contributed by atoms with Crippen molar-refractivity contribution in [1.29, 1.82) is 0 Å². The largest absolute Gasteiger partial charge is 0.381 e. The summed E-state index contributed by atoms with van der Waals surface area (Å²) in [7, 11) is 0. The molecule has 0 amide bonds. The predicted octanol–water partition coefficient (Wildman–Crippen LogP) is 4.77. The molecule has 0 N–H and O–H groups in total. The Labute approximate surface area is 117 Å². The van der Waals surface area contributed by atoms with Gasteiger partial charge in [-0.1, -0.05) is 22.0 Å². The van der Waals surface area contributed by atoms with Gasteiger partial charge in [0.2, 0.25) is 0 Å². The predicted molar refractivity (Wildman–Crippen MR) is 75.8 cm³/mol. The van der Waals surface area contributed by atoms with Gasteiger partial charge in [-0.25, -0.2) is 0 Å². The van der Waals surface area contributed by atoms with Crippen LogP contribution in [0.5, 0.6) is 0 Å². The highest BCUT2D eigenvalue weighted by Gasteiger charge is 2.25. The molecule has 0 aliphatic carbocycles. The number of hydrogen-bond donors (Lipinski definition) is 0. The number of hydrogen-bond acceptors (Lipinski definition) is 1. The Balaban J connectivity index is 2.23. The van der Waals surface area contributed by atoms with E-state index in [1.807, 2.05) is 0 Å². The lowest BCUT2D eigenvalue weighted by atomic mass is 9.89. The van der Waals surface area contributed by atoms with Crippen LogP contribution in [0.1, 0.15) is 34.9 Å². The van der Waals surface area contributed by atoms with Crippen molar-refractivity contribution in [2.75, 3.05) is 13.2 Å². The van der Waals surface area contributed by atoms with Crippen LogP contribution in [0.3, 0.4) is 0 Å². The Morgan fingerprint density at radius 1 is 1.24 bits per heavy atom. The monoisotopic (exact) mass is 316 g/mol. The van der Waals surface area contributed by atoms with E-state index in [4.69, 9.17) is 16.3 Å². The Kier molecular flexibility index (Phi) is 4.51. The molecule has 2 rings (SSSR count). The minimum atomic E-state index is 0.116. The zero-order valence-electron chi connectivity index (χ0n) is 10.3. The van der Waals surface area contributed by atoms with Crippen LogP contribution < -0.4 is 0 Å². The van der Waals surface area contributed by atoms with Gasteiger partial charge in [-0.2, -0.15) is 0 Å². The van der Waals surface area contributed by atoms with E-state index in [1.165, 1.54) is 16.7 Å². The summed E-state index contributed by atoms with van der Waals surface area (Å²) in [5, 5.41) is 0.116. The van der Waals surface area contributed by atoms with Gasteiger partial charge in [0, 0.05) is 17.7 Å². The Bertz CT molecular complexity index is 399. The van der Waals surface area contributed by atoms with Crippen molar-refractivity contribution in [1.82, 2.24) is 0 Å². The van der Waals surface area contributed by atoms with E-state index in [0.717, 1.165) is 30.5 Å². The van der Waals surface area contributed by atoms with Crippen LogP contribution in [-0.4, -0.2) is 13.2 Å². The number of alkyl halides is 1. The summed E-state index contributed by atoms with van der Waals surface area (Å²) in [5.41, 5.74) is 3.80. The minimum absolute atomic E-state index is 0.116. The maximum absolute atomic E-state index is 6.64. The molecule has 1 aliphatic heterocycles. The van der Waals surface area contributed by atoms with E-state index in [-0.39, 0.29) is 5.38 Å². The number of halogens is 2. The first-order valence-electron chi connectivity index (χ1n) is 6.08. The molecule has 0 spiro atoms. The van der Waals surface area contributed by atoms with E-state index in [1.54, 1.807) is 0 Å². The van der Waals surface area contributed by atoms with Gasteiger partial charge in [0.25, 0.3) is 0 Å². The number of rotatable bonds is 2. The lowest BCUT2D eigenvalue weighted by Gasteiger charge is -2.27. The third kappa shape index (κ3) is 3.04. The van der Waals surface area contributed by atoms with E-state index < -0.39 is 0 Å². The van der Waals surface area contributed by atoms with Gasteiger partial charge in [-0.3, -0.25) is 0 Å². The fourth-order valence-corrected chi connectivity index (χ4v) is 3.31. The highest BCUT2D eigenvalue weighted by Crippen LogP contribution is 2.38. The maximum atomic E-state index is 6.64. The minimum Gasteiger partial charge on any atom is -0.381 e. The second kappa shape index (κ2) is 5.73. The average molecular weight is 318 g/mol. The molecule has 1 fully saturated rings. The van der Waals surface area contributed by atoms with Crippen LogP contribution in [0, 0.1) is 19.8 Å². The second-order valence-electron chi connectivity index (χ2n) is 4.81. The van der Waals surface area contributed by atoms with Crippen LogP contribution in [-0.2, 0) is 4.74 Å². The zero-order chi connectivity index (χ0) is 12.4. The lowest BCUT2D eigenvalue weighted by molar-refractivity contribution is 0.0650. The number of aryl methyl sites for hydroxylation is 2. The molecule has 1 atom stereocenters. The summed E-state index contributed by atoms with van der Waals surface area (Å²) >= 11 is 10.2. The van der Waals surface area contributed by atoms with Gasteiger partial charge in [0.1, 0.15) is 0 Å². The third-order valence-electron chi connectivity index (χ3n) is 3.52. The van der Waals surface area contributed by atoms with Crippen molar-refractivity contribution < 1.29 is 4.74 Å². The summed E-state index contributed by atoms with van der Waals surface area (Å²) < 4.78 is 6.55. The summed E-state index contributed by atoms with van der Waals surface area (Å²) in [6.45, 7) is 5.94. The van der Waals surface area contributed by atoms with E-state index in [2.05, 4.69) is 41.9 Å². The molecule has 1 saturated heterocycles. The topological polar surface area (TPSA) is 9.23 Å². The molecule has 0 radical (unpaired) electrons. The molecular weight excluding hydrogens is 300 g/mol. The second-order valence-corrected chi connectivity index (χ2v) is 6.13. The quantitative estimate of drug-likeness (QED) is 0.714. The first-order valence-corrected chi connectivity index (χ1v) is 7.31. The Hall–Kier alpha value is -0.0500. The average Bonchev–Trinajstić information content (AvgIpc) is 2.34. The van der Waals surface area contributed by atoms with Crippen molar-refractivity contribution in [3.8, 4) is 0 Å². The van der Waals surface area contributed by atoms with Crippen molar-refractivity contribution in [3.05, 3.63) is 33.3 Å². The molecule has 0 aromatic heterocycles. The molecular formula is C14H18BrClO. The molecule has 1 aromatic rings. The van der Waals surface area contributed by atoms with E-state index in [0.29, 0.717) is 5.92 Å². The van der Waals surface area contributed by atoms with Gasteiger partial charge in [-0.05, 0) is 55.4 Å². The molecule has 94 valence electrons. The Morgan fingerprint density at radius 3 is 2.53 bits per heavy atom. The van der Waals surface area contributed by atoms with Crippen molar-refractivity contribution in [2.24, 2.45) is 5.92 Å². The van der Waals surface area contributed by atoms with Gasteiger partial charge in [0.15, 0.2) is 0 Å². The number of benzene rings is 1. The van der Waals surface area contributed by atoms with Crippen LogP contribution in [0.4, 0.5) is 0 Å². The fraction of sp³-hybridized carbons (Fsp3) is 0.571. The summed E-state index contributed by atoms with van der Waals surface area (Å²) in [6, 6.07) is 4.38. The van der Waals surface area contributed by atoms with Gasteiger partial charge in [-0.15, -0.1) is 11.6 Å². The standard InChI is InChI=1S/C14H18BrClO/c1-9-8-13(15)10(2)7-12(9)14(16)11-3-5-17-6-4-11/h7-8,11,14H,3-6H2,1-2H3. The van der Waals surface area contributed by atoms with Crippen molar-refractivity contribution in [3.63, 3.8) is 0 Å². The maximum Gasteiger partial charge on any atom is 0.0617 e. The molecule has 1 aliphatic rings. The summed E-state index contributed by atoms with van der Waals surface area (Å²) in [4.78, 5) is 0. The van der Waals surface area contributed by atoms with Crippen LogP contribution in [0.25, 0.3) is 0 Å². The fourth-order valence-electron chi connectivity index (χ4n) is 2.36. The van der Waals surface area contributed by atoms with Gasteiger partial charge in [0.05, 0.1) is 5.38 Å². The SMILES string of the molecule is Cc1cc(C(Cl)C2CCOCC2)c(C)cc1Br. The highest BCUT2D eigenvalue weighted by atomic mass is 79.9. The highest BCUT2D eigenvalue weighted by molar-refractivity contribution is 9.10. The molecule has 1 aromatic carbocycles. The molecule has 1 heterocycles.